The van der Waals surface area contributed by atoms with Crippen LogP contribution in [0.2, 0.25) is 0 Å². The predicted octanol–water partition coefficient (Wildman–Crippen LogP) is 7.35. The quantitative estimate of drug-likeness (QED) is 0.242. The highest BCUT2D eigenvalue weighted by Crippen LogP contribution is 2.70. The van der Waals surface area contributed by atoms with Gasteiger partial charge in [-0.15, -0.1) is 0 Å². The fourth-order valence-electron chi connectivity index (χ4n) is 9.73. The van der Waals surface area contributed by atoms with Crippen molar-refractivity contribution in [1.29, 1.82) is 0 Å². The SMILES string of the molecule is CCC(C)C(=O)OC(C)(C)C1CC2CCC1O2.CCC(C)C(=O)OC1(CC)CC2CC1C1C3CCC(C3)C21. The minimum absolute atomic E-state index is 0.00576. The Morgan fingerprint density at radius 1 is 0.868 bits per heavy atom. The second-order valence-electron chi connectivity index (χ2n) is 14.5. The summed E-state index contributed by atoms with van der Waals surface area (Å²) in [5.41, 5.74) is -0.489. The van der Waals surface area contributed by atoms with Crippen LogP contribution in [-0.2, 0) is 23.8 Å². The molecule has 2 aliphatic heterocycles. The Labute approximate surface area is 231 Å². The maximum atomic E-state index is 12.4. The first-order chi connectivity index (χ1) is 18.0. The van der Waals surface area contributed by atoms with Gasteiger partial charge in [-0.1, -0.05) is 34.6 Å². The summed E-state index contributed by atoms with van der Waals surface area (Å²) in [6, 6.07) is 0. The molecule has 2 saturated heterocycles. The lowest BCUT2D eigenvalue weighted by atomic mass is 9.65. The maximum Gasteiger partial charge on any atom is 0.309 e. The van der Waals surface area contributed by atoms with Crippen molar-refractivity contribution < 1.29 is 23.8 Å². The van der Waals surface area contributed by atoms with Crippen molar-refractivity contribution in [3.8, 4) is 0 Å². The average Bonchev–Trinajstić information content (AvgIpc) is 3.74. The summed E-state index contributed by atoms with van der Waals surface area (Å²) in [7, 11) is 0. The van der Waals surface area contributed by atoms with Crippen molar-refractivity contribution in [2.75, 3.05) is 0 Å². The number of rotatable bonds is 8. The first-order valence-corrected chi connectivity index (χ1v) is 16.1. The molecule has 216 valence electrons. The molecule has 4 aliphatic carbocycles. The Balaban J connectivity index is 0.000000159. The molecule has 4 saturated carbocycles. The molecule has 12 unspecified atom stereocenters. The molecule has 6 fully saturated rings. The molecule has 0 N–H and O–H groups in total. The van der Waals surface area contributed by atoms with Crippen molar-refractivity contribution in [1.82, 2.24) is 0 Å². The van der Waals surface area contributed by atoms with Crippen LogP contribution in [0.15, 0.2) is 0 Å². The molecule has 6 bridgehead atoms. The monoisotopic (exact) mass is 530 g/mol. The Bertz CT molecular complexity index is 883. The number of hydrogen-bond donors (Lipinski definition) is 0. The van der Waals surface area contributed by atoms with E-state index in [1.54, 1.807) is 0 Å². The van der Waals surface area contributed by atoms with Crippen molar-refractivity contribution in [3.05, 3.63) is 0 Å². The van der Waals surface area contributed by atoms with Crippen LogP contribution in [0.4, 0.5) is 0 Å². The van der Waals surface area contributed by atoms with Gasteiger partial charge >= 0.3 is 11.9 Å². The lowest BCUT2D eigenvalue weighted by Crippen LogP contribution is -2.48. The number of carbonyl (C=O) groups excluding carboxylic acids is 2. The third kappa shape index (κ3) is 4.85. The molecule has 2 heterocycles. The van der Waals surface area contributed by atoms with E-state index in [0.29, 0.717) is 24.0 Å². The van der Waals surface area contributed by atoms with Crippen LogP contribution in [0.1, 0.15) is 119 Å². The van der Waals surface area contributed by atoms with Gasteiger partial charge in [0.05, 0.1) is 24.0 Å². The van der Waals surface area contributed by atoms with Gasteiger partial charge in [-0.2, -0.15) is 0 Å². The zero-order chi connectivity index (χ0) is 27.4. The molecule has 0 aromatic carbocycles. The van der Waals surface area contributed by atoms with Gasteiger partial charge in [-0.25, -0.2) is 0 Å². The summed E-state index contributed by atoms with van der Waals surface area (Å²) in [5.74, 6) is 5.83. The van der Waals surface area contributed by atoms with Gasteiger partial charge < -0.3 is 14.2 Å². The zero-order valence-electron chi connectivity index (χ0n) is 25.2. The second-order valence-corrected chi connectivity index (χ2v) is 14.5. The van der Waals surface area contributed by atoms with Crippen molar-refractivity contribution in [3.63, 3.8) is 0 Å². The number of esters is 2. The fourth-order valence-corrected chi connectivity index (χ4v) is 9.73. The zero-order valence-corrected chi connectivity index (χ0v) is 25.2. The summed E-state index contributed by atoms with van der Waals surface area (Å²) in [6.07, 6.45) is 13.8. The Hall–Kier alpha value is -1.10. The van der Waals surface area contributed by atoms with E-state index in [0.717, 1.165) is 61.7 Å². The minimum atomic E-state index is -0.389. The lowest BCUT2D eigenvalue weighted by molar-refractivity contribution is -0.177. The first kappa shape index (κ1) is 28.4. The fraction of sp³-hybridized carbons (Fsp3) is 0.939. The highest BCUT2D eigenvalue weighted by Gasteiger charge is 2.67. The number of fused-ring (bicyclic) bond motifs is 11. The van der Waals surface area contributed by atoms with E-state index < -0.39 is 0 Å². The number of carbonyl (C=O) groups is 2. The van der Waals surface area contributed by atoms with Gasteiger partial charge in [0.2, 0.25) is 0 Å². The molecule has 0 aromatic rings. The largest absolute Gasteiger partial charge is 0.459 e. The Morgan fingerprint density at radius 2 is 1.53 bits per heavy atom. The van der Waals surface area contributed by atoms with E-state index in [1.807, 2.05) is 34.6 Å². The third-order valence-electron chi connectivity index (χ3n) is 12.2. The topological polar surface area (TPSA) is 61.8 Å². The summed E-state index contributed by atoms with van der Waals surface area (Å²) >= 11 is 0. The molecule has 12 atom stereocenters. The molecular weight excluding hydrogens is 476 g/mol. The van der Waals surface area contributed by atoms with E-state index in [9.17, 15) is 9.59 Å². The highest BCUT2D eigenvalue weighted by atomic mass is 16.6. The maximum absolute atomic E-state index is 12.4. The van der Waals surface area contributed by atoms with Gasteiger partial charge in [0, 0.05) is 11.8 Å². The van der Waals surface area contributed by atoms with Crippen molar-refractivity contribution in [2.24, 2.45) is 53.3 Å². The van der Waals surface area contributed by atoms with E-state index in [1.165, 1.54) is 38.5 Å². The summed E-state index contributed by atoms with van der Waals surface area (Å²) in [5, 5.41) is 0. The van der Waals surface area contributed by atoms with Crippen molar-refractivity contribution >= 4 is 11.9 Å². The van der Waals surface area contributed by atoms with Crippen LogP contribution in [0.5, 0.6) is 0 Å². The number of ether oxygens (including phenoxy) is 3. The Kier molecular flexibility index (Phi) is 8.01. The molecular formula is C33H54O5. The summed E-state index contributed by atoms with van der Waals surface area (Å²) < 4.78 is 17.8. The second kappa shape index (κ2) is 10.7. The molecule has 5 nitrogen and oxygen atoms in total. The third-order valence-corrected chi connectivity index (χ3v) is 12.2. The van der Waals surface area contributed by atoms with E-state index >= 15 is 0 Å². The van der Waals surface area contributed by atoms with E-state index in [-0.39, 0.29) is 35.0 Å². The van der Waals surface area contributed by atoms with E-state index in [4.69, 9.17) is 14.2 Å². The van der Waals surface area contributed by atoms with Crippen molar-refractivity contribution in [2.45, 2.75) is 143 Å². The lowest BCUT2D eigenvalue weighted by Gasteiger charge is -2.46. The van der Waals surface area contributed by atoms with E-state index in [2.05, 4.69) is 13.8 Å². The summed E-state index contributed by atoms with van der Waals surface area (Å²) in [4.78, 5) is 24.3. The normalized spacial score (nSPS) is 43.4. The smallest absolute Gasteiger partial charge is 0.309 e. The highest BCUT2D eigenvalue weighted by molar-refractivity contribution is 5.73. The molecule has 38 heavy (non-hydrogen) atoms. The number of hydrogen-bond acceptors (Lipinski definition) is 5. The van der Waals surface area contributed by atoms with Crippen LogP contribution in [0, 0.1) is 53.3 Å². The molecule has 0 radical (unpaired) electrons. The predicted molar refractivity (Wildman–Crippen MR) is 148 cm³/mol. The standard InChI is InChI=1S/C19H30O2.C14H24O3/c1-4-11(3)18(20)21-19(5-2)10-14-9-15(19)17-13-7-6-12(8-13)16(14)17;1-5-9(2)13(15)17-14(3,4)11-8-10-6-7-12(11)16-10/h11-17H,4-10H2,1-3H3;9-12H,5-8H2,1-4H3. The summed E-state index contributed by atoms with van der Waals surface area (Å²) in [6.45, 7) is 14.3. The van der Waals surface area contributed by atoms with Crippen LogP contribution in [-0.4, -0.2) is 35.3 Å². The van der Waals surface area contributed by atoms with Gasteiger partial charge in [0.1, 0.15) is 11.2 Å². The Morgan fingerprint density at radius 3 is 2.11 bits per heavy atom. The van der Waals surface area contributed by atoms with Gasteiger partial charge in [0.25, 0.3) is 0 Å². The molecule has 6 aliphatic rings. The molecule has 0 spiro atoms. The van der Waals surface area contributed by atoms with Gasteiger partial charge in [-0.3, -0.25) is 9.59 Å². The molecule has 0 aromatic heterocycles. The van der Waals surface area contributed by atoms with Crippen LogP contribution in [0.25, 0.3) is 0 Å². The van der Waals surface area contributed by atoms with Gasteiger partial charge in [0.15, 0.2) is 0 Å². The molecule has 0 amide bonds. The van der Waals surface area contributed by atoms with Crippen LogP contribution >= 0.6 is 0 Å². The molecule has 6 rings (SSSR count). The van der Waals surface area contributed by atoms with Gasteiger partial charge in [-0.05, 0) is 114 Å². The van der Waals surface area contributed by atoms with Crippen LogP contribution in [0.3, 0.4) is 0 Å². The minimum Gasteiger partial charge on any atom is -0.459 e. The first-order valence-electron chi connectivity index (χ1n) is 16.1. The average molecular weight is 531 g/mol. The molecule has 5 heteroatoms. The van der Waals surface area contributed by atoms with Crippen LogP contribution < -0.4 is 0 Å².